The standard InChI is InChI=1S/C14H10IN5/c15-10-4-2-1-3-7(10)11-8(5-16)13(18)14-9(12(11)17)6-19-20-14/h1-4,6H,17-18H2,(H,19,20). The number of nitrogens with one attached hydrogen (secondary N) is 1. The van der Waals surface area contributed by atoms with Crippen LogP contribution >= 0.6 is 22.6 Å². The summed E-state index contributed by atoms with van der Waals surface area (Å²) in [6.45, 7) is 0. The molecule has 6 heteroatoms. The molecule has 5 N–H and O–H groups in total. The molecule has 0 saturated heterocycles. The minimum atomic E-state index is 0.354. The minimum Gasteiger partial charge on any atom is -0.398 e. The minimum absolute atomic E-state index is 0.354. The fourth-order valence-electron chi connectivity index (χ4n) is 2.28. The maximum atomic E-state index is 9.45. The molecule has 3 aromatic rings. The van der Waals surface area contributed by atoms with Crippen molar-refractivity contribution in [3.05, 3.63) is 39.6 Å². The molecule has 2 aromatic carbocycles. The van der Waals surface area contributed by atoms with Crippen molar-refractivity contribution < 1.29 is 0 Å². The van der Waals surface area contributed by atoms with Gasteiger partial charge in [0.05, 0.1) is 16.9 Å². The van der Waals surface area contributed by atoms with Gasteiger partial charge in [-0.2, -0.15) is 10.4 Å². The van der Waals surface area contributed by atoms with Crippen molar-refractivity contribution in [2.45, 2.75) is 0 Å². The first-order valence-corrected chi connectivity index (χ1v) is 6.92. The van der Waals surface area contributed by atoms with Crippen LogP contribution in [0.1, 0.15) is 5.56 Å². The van der Waals surface area contributed by atoms with E-state index < -0.39 is 0 Å². The molecule has 0 amide bonds. The largest absolute Gasteiger partial charge is 0.398 e. The molecule has 98 valence electrons. The number of nitrogen functional groups attached to an aromatic ring is 2. The van der Waals surface area contributed by atoms with Gasteiger partial charge in [0.1, 0.15) is 11.6 Å². The van der Waals surface area contributed by atoms with Crippen LogP contribution in [0.25, 0.3) is 22.0 Å². The smallest absolute Gasteiger partial charge is 0.118 e. The van der Waals surface area contributed by atoms with Gasteiger partial charge in [0.25, 0.3) is 0 Å². The molecule has 20 heavy (non-hydrogen) atoms. The predicted molar refractivity (Wildman–Crippen MR) is 87.8 cm³/mol. The highest BCUT2D eigenvalue weighted by Crippen LogP contribution is 2.40. The van der Waals surface area contributed by atoms with Gasteiger partial charge in [-0.3, -0.25) is 5.10 Å². The van der Waals surface area contributed by atoms with Crippen LogP contribution in [0.3, 0.4) is 0 Å². The third kappa shape index (κ3) is 1.71. The monoisotopic (exact) mass is 375 g/mol. The van der Waals surface area contributed by atoms with E-state index in [9.17, 15) is 5.26 Å². The molecule has 5 nitrogen and oxygen atoms in total. The van der Waals surface area contributed by atoms with Crippen LogP contribution in [0.5, 0.6) is 0 Å². The molecule has 3 rings (SSSR count). The summed E-state index contributed by atoms with van der Waals surface area (Å²) >= 11 is 2.22. The second-order valence-electron chi connectivity index (χ2n) is 4.32. The van der Waals surface area contributed by atoms with Crippen LogP contribution in [0.2, 0.25) is 0 Å². The van der Waals surface area contributed by atoms with Crippen molar-refractivity contribution in [3.8, 4) is 17.2 Å². The number of hydrogen-bond acceptors (Lipinski definition) is 4. The Kier molecular flexibility index (Phi) is 2.99. The summed E-state index contributed by atoms with van der Waals surface area (Å²) in [7, 11) is 0. The van der Waals surface area contributed by atoms with Gasteiger partial charge < -0.3 is 11.5 Å². The molecule has 0 saturated carbocycles. The van der Waals surface area contributed by atoms with Crippen molar-refractivity contribution in [3.63, 3.8) is 0 Å². The Morgan fingerprint density at radius 2 is 1.95 bits per heavy atom. The van der Waals surface area contributed by atoms with Crippen LogP contribution in [-0.4, -0.2) is 10.2 Å². The molecular formula is C14H10IN5. The van der Waals surface area contributed by atoms with Crippen LogP contribution in [-0.2, 0) is 0 Å². The Balaban J connectivity index is 2.50. The van der Waals surface area contributed by atoms with E-state index in [0.29, 0.717) is 28.0 Å². The fourth-order valence-corrected chi connectivity index (χ4v) is 2.94. The number of aromatic nitrogens is 2. The zero-order valence-corrected chi connectivity index (χ0v) is 12.5. The normalized spacial score (nSPS) is 10.6. The zero-order valence-electron chi connectivity index (χ0n) is 10.3. The average molecular weight is 375 g/mol. The summed E-state index contributed by atoms with van der Waals surface area (Å²) in [6, 6.07) is 9.89. The van der Waals surface area contributed by atoms with Gasteiger partial charge in [-0.05, 0) is 34.2 Å². The lowest BCUT2D eigenvalue weighted by molar-refractivity contribution is 1.12. The molecule has 0 spiro atoms. The molecule has 0 aliphatic carbocycles. The number of aromatic amines is 1. The Morgan fingerprint density at radius 3 is 2.65 bits per heavy atom. The van der Waals surface area contributed by atoms with Crippen molar-refractivity contribution in [2.24, 2.45) is 0 Å². The van der Waals surface area contributed by atoms with Gasteiger partial charge in [-0.15, -0.1) is 0 Å². The summed E-state index contributed by atoms with van der Waals surface area (Å²) in [5.41, 5.74) is 15.7. The number of nitriles is 1. The lowest BCUT2D eigenvalue weighted by Crippen LogP contribution is -2.01. The third-order valence-corrected chi connectivity index (χ3v) is 4.17. The van der Waals surface area contributed by atoms with Crippen molar-refractivity contribution in [1.82, 2.24) is 10.2 Å². The Labute approximate surface area is 128 Å². The molecule has 0 aliphatic rings. The molecule has 0 aliphatic heterocycles. The summed E-state index contributed by atoms with van der Waals surface area (Å²) in [5, 5.41) is 17.0. The average Bonchev–Trinajstić information content (AvgIpc) is 2.93. The summed E-state index contributed by atoms with van der Waals surface area (Å²) in [4.78, 5) is 0. The van der Waals surface area contributed by atoms with Crippen molar-refractivity contribution in [2.75, 3.05) is 11.5 Å². The number of rotatable bonds is 1. The first-order chi connectivity index (χ1) is 9.65. The molecular weight excluding hydrogens is 365 g/mol. The van der Waals surface area contributed by atoms with Gasteiger partial charge in [-0.25, -0.2) is 0 Å². The van der Waals surface area contributed by atoms with Gasteiger partial charge >= 0.3 is 0 Å². The van der Waals surface area contributed by atoms with Crippen molar-refractivity contribution in [1.29, 1.82) is 5.26 Å². The van der Waals surface area contributed by atoms with Gasteiger partial charge in [0.2, 0.25) is 0 Å². The Bertz CT molecular complexity index is 860. The first kappa shape index (κ1) is 12.7. The number of anilines is 2. The molecule has 0 bridgehead atoms. The molecule has 0 fully saturated rings. The highest BCUT2D eigenvalue weighted by Gasteiger charge is 2.20. The topological polar surface area (TPSA) is 105 Å². The first-order valence-electron chi connectivity index (χ1n) is 5.84. The number of nitrogens with zero attached hydrogens (tertiary/aromatic N) is 2. The lowest BCUT2D eigenvalue weighted by atomic mass is 9.95. The van der Waals surface area contributed by atoms with E-state index >= 15 is 0 Å². The maximum Gasteiger partial charge on any atom is 0.118 e. The van der Waals surface area contributed by atoms with E-state index in [2.05, 4.69) is 38.9 Å². The Hall–Kier alpha value is -2.27. The number of halogens is 1. The van der Waals surface area contributed by atoms with Crippen LogP contribution in [0.15, 0.2) is 30.5 Å². The molecule has 0 radical (unpaired) electrons. The van der Waals surface area contributed by atoms with E-state index in [1.54, 1.807) is 6.20 Å². The van der Waals surface area contributed by atoms with Crippen LogP contribution in [0, 0.1) is 14.9 Å². The number of benzene rings is 2. The summed E-state index contributed by atoms with van der Waals surface area (Å²) < 4.78 is 1.01. The highest BCUT2D eigenvalue weighted by atomic mass is 127. The number of H-pyrrole nitrogens is 1. The van der Waals surface area contributed by atoms with Gasteiger partial charge in [-0.1, -0.05) is 18.2 Å². The quantitative estimate of drug-likeness (QED) is 0.449. The molecule has 0 unspecified atom stereocenters. The third-order valence-electron chi connectivity index (χ3n) is 3.23. The fraction of sp³-hybridized carbons (Fsp3) is 0. The van der Waals surface area contributed by atoms with E-state index in [4.69, 9.17) is 11.5 Å². The molecule has 0 atom stereocenters. The summed E-state index contributed by atoms with van der Waals surface area (Å²) in [6.07, 6.45) is 1.70. The van der Waals surface area contributed by atoms with Crippen molar-refractivity contribution >= 4 is 44.9 Å². The zero-order chi connectivity index (χ0) is 14.3. The van der Waals surface area contributed by atoms with Crippen LogP contribution < -0.4 is 11.5 Å². The second kappa shape index (κ2) is 4.68. The van der Waals surface area contributed by atoms with Crippen LogP contribution in [0.4, 0.5) is 11.4 Å². The predicted octanol–water partition coefficient (Wildman–Crippen LogP) is 2.87. The Morgan fingerprint density at radius 1 is 1.20 bits per heavy atom. The van der Waals surface area contributed by atoms with E-state index in [0.717, 1.165) is 14.5 Å². The number of fused-ring (bicyclic) bond motifs is 1. The van der Waals surface area contributed by atoms with Gasteiger partial charge in [0.15, 0.2) is 0 Å². The SMILES string of the molecule is N#Cc1c(-c2ccccc2I)c(N)c2c[nH]nc2c1N. The molecule has 1 heterocycles. The molecule has 1 aromatic heterocycles. The number of nitrogens with two attached hydrogens (primary N) is 2. The van der Waals surface area contributed by atoms with E-state index in [-0.39, 0.29) is 0 Å². The summed E-state index contributed by atoms with van der Waals surface area (Å²) in [5.74, 6) is 0. The maximum absolute atomic E-state index is 9.45. The van der Waals surface area contributed by atoms with Gasteiger partial charge in [0, 0.05) is 20.7 Å². The highest BCUT2D eigenvalue weighted by molar-refractivity contribution is 14.1. The van der Waals surface area contributed by atoms with E-state index in [1.165, 1.54) is 0 Å². The second-order valence-corrected chi connectivity index (χ2v) is 5.48. The lowest BCUT2D eigenvalue weighted by Gasteiger charge is -2.13. The van der Waals surface area contributed by atoms with E-state index in [1.807, 2.05) is 24.3 Å². The number of hydrogen-bond donors (Lipinski definition) is 3.